The van der Waals surface area contributed by atoms with Crippen LogP contribution in [0.25, 0.3) is 56.1 Å². The molecule has 0 atom stereocenters. The van der Waals surface area contributed by atoms with Crippen molar-refractivity contribution in [2.45, 2.75) is 197 Å². The summed E-state index contributed by atoms with van der Waals surface area (Å²) in [5.74, 6) is 2.24. The lowest BCUT2D eigenvalue weighted by Gasteiger charge is -2.36. The summed E-state index contributed by atoms with van der Waals surface area (Å²) in [4.78, 5) is 40.7. The van der Waals surface area contributed by atoms with Crippen LogP contribution in [-0.4, -0.2) is 164 Å². The normalized spacial score (nSPS) is 18.4. The number of pyridine rings is 2. The highest BCUT2D eigenvalue weighted by Gasteiger charge is 2.36. The Morgan fingerprint density at radius 2 is 0.827 bits per heavy atom. The fraction of sp³-hybridized carbons (Fsp3) is 0.533. The summed E-state index contributed by atoms with van der Waals surface area (Å²) in [6, 6.07) is 37.5. The van der Waals surface area contributed by atoms with E-state index in [0.717, 1.165) is 161 Å². The highest BCUT2D eigenvalue weighted by atomic mass is 28.3. The molecule has 0 amide bonds. The third kappa shape index (κ3) is 23.0. The Balaban J connectivity index is 0.000000240. The van der Waals surface area contributed by atoms with Gasteiger partial charge in [0, 0.05) is 146 Å². The van der Waals surface area contributed by atoms with Gasteiger partial charge in [0.2, 0.25) is 0 Å². The molecule has 0 radical (unpaired) electrons. The largest absolute Gasteiger partial charge is 0.396 e. The molecule has 6 aromatic heterocycles. The zero-order valence-electron chi connectivity index (χ0n) is 60.7. The van der Waals surface area contributed by atoms with E-state index < -0.39 is 43.5 Å². The molecule has 2 fully saturated rings. The Labute approximate surface area is 585 Å². The van der Waals surface area contributed by atoms with Crippen molar-refractivity contribution in [2.24, 2.45) is 0 Å². The molecule has 0 saturated heterocycles. The van der Waals surface area contributed by atoms with Gasteiger partial charge in [-0.15, -0.1) is 0 Å². The fourth-order valence-corrected chi connectivity index (χ4v) is 15.2. The van der Waals surface area contributed by atoms with Crippen LogP contribution in [0.1, 0.15) is 94.4 Å². The van der Waals surface area contributed by atoms with Gasteiger partial charge in [-0.2, -0.15) is 28.8 Å². The molecule has 19 nitrogen and oxygen atoms in total. The summed E-state index contributed by atoms with van der Waals surface area (Å²) in [6.45, 7) is 35.0. The first-order valence-electron chi connectivity index (χ1n) is 35.3. The van der Waals surface area contributed by atoms with Crippen LogP contribution in [0.4, 0.5) is 11.6 Å². The Bertz CT molecular complexity index is 3710. The van der Waals surface area contributed by atoms with Crippen molar-refractivity contribution in [1.82, 2.24) is 39.2 Å². The van der Waals surface area contributed by atoms with Crippen molar-refractivity contribution < 1.29 is 43.9 Å². The van der Waals surface area contributed by atoms with E-state index in [0.29, 0.717) is 59.4 Å². The predicted molar refractivity (Wildman–Crippen MR) is 403 cm³/mol. The molecule has 530 valence electrons. The SMILES string of the molecule is CCC1(O)CCC(c2cc(N(COCC[Si](C)(C)C)COCC[Si](C)(C)C)n3ncc(-c4ccc(-c5ccccc5)nc4)c3n2)CC1.C[Si](C)(C)CCOCN(COCC[Si](C)(C)C)c1cc(C2CCC(O)(CCO)CC2)nc2c(-c3ccc(-c4ccccc4)nc3)cnn12.O=C=O. The molecule has 2 aromatic carbocycles. The maximum Gasteiger partial charge on any atom is 0.373 e. The van der Waals surface area contributed by atoms with Gasteiger partial charge in [-0.3, -0.25) is 9.97 Å². The van der Waals surface area contributed by atoms with Crippen LogP contribution in [0, 0.1) is 0 Å². The first-order valence-corrected chi connectivity index (χ1v) is 50.1. The Morgan fingerprint density at radius 1 is 0.490 bits per heavy atom. The molecule has 10 rings (SSSR count). The molecule has 2 aliphatic rings. The number of nitrogens with zero attached hydrogens (tertiary/aromatic N) is 10. The fourth-order valence-electron chi connectivity index (χ4n) is 12.1. The van der Waals surface area contributed by atoms with Crippen LogP contribution in [0.3, 0.4) is 0 Å². The first-order chi connectivity index (χ1) is 46.6. The van der Waals surface area contributed by atoms with Gasteiger partial charge in [0.15, 0.2) is 11.3 Å². The van der Waals surface area contributed by atoms with Crippen LogP contribution < -0.4 is 9.80 Å². The van der Waals surface area contributed by atoms with E-state index >= 15 is 0 Å². The number of anilines is 2. The van der Waals surface area contributed by atoms with Crippen LogP contribution >= 0.6 is 0 Å². The van der Waals surface area contributed by atoms with Gasteiger partial charge in [0.1, 0.15) is 38.6 Å². The van der Waals surface area contributed by atoms with E-state index in [1.165, 1.54) is 0 Å². The molecule has 2 saturated carbocycles. The Kier molecular flexibility index (Phi) is 27.8. The molecule has 23 heteroatoms. The number of benzene rings is 2. The maximum atomic E-state index is 11.0. The zero-order chi connectivity index (χ0) is 70.7. The van der Waals surface area contributed by atoms with Gasteiger partial charge in [0.25, 0.3) is 0 Å². The summed E-state index contributed by atoms with van der Waals surface area (Å²) in [5.41, 5.74) is 10.00. The quantitative estimate of drug-likeness (QED) is 0.0209. The second-order valence-corrected chi connectivity index (χ2v) is 54.1. The van der Waals surface area contributed by atoms with E-state index in [4.69, 9.17) is 58.7 Å². The average Bonchev–Trinajstić information content (AvgIpc) is 1.56. The van der Waals surface area contributed by atoms with Gasteiger partial charge < -0.3 is 44.1 Å². The standard InChI is InChI=1S/C37H55N5O4Si2.C37H55N5O3Si2.CO2/c1-47(2,3)22-20-45-27-41(28-46-21-23-48(4,5)6)35-24-34(30-14-16-37(44,17-15-30)18-19-43)40-36-32(26-39-42(35)36)31-12-13-33(38-25-31)29-10-8-7-9-11-29;1-8-37(43)18-16-30(17-19-37)34-24-35(41(27-44-20-22-46(2,3)4)28-45-21-23-47(5,6)7)42-36(40-34)32(26-39-42)31-14-15-33(38-25-31)29-12-10-9-11-13-29;2-1-3/h7-13,24-26,30,43-44H,14-23,27-28H2,1-6H3;9-15,24-26,30,43H,8,16-23,27-28H2,1-7H3;. The number of ether oxygens (including phenoxy) is 4. The number of hydrogen-bond acceptors (Lipinski definition) is 17. The van der Waals surface area contributed by atoms with Crippen molar-refractivity contribution in [1.29, 1.82) is 0 Å². The number of rotatable bonds is 31. The molecular formula is C75H110N10O9Si4. The molecule has 6 heterocycles. The first kappa shape index (κ1) is 77.3. The van der Waals surface area contributed by atoms with Gasteiger partial charge >= 0.3 is 6.15 Å². The molecule has 0 spiro atoms. The van der Waals surface area contributed by atoms with Crippen molar-refractivity contribution in [3.63, 3.8) is 0 Å². The molecule has 0 aliphatic heterocycles. The number of fused-ring (bicyclic) bond motifs is 2. The monoisotopic (exact) mass is 1410 g/mol. The average molecular weight is 1410 g/mol. The summed E-state index contributed by atoms with van der Waals surface area (Å²) in [5, 5.41) is 41.4. The van der Waals surface area contributed by atoms with E-state index in [1.807, 2.05) is 76.3 Å². The lowest BCUT2D eigenvalue weighted by molar-refractivity contribution is -0.191. The number of carbonyl (C=O) groups excluding carboxylic acids is 2. The molecule has 0 unspecified atom stereocenters. The highest BCUT2D eigenvalue weighted by Crippen LogP contribution is 2.43. The minimum absolute atomic E-state index is 0.00380. The summed E-state index contributed by atoms with van der Waals surface area (Å²) in [7, 11) is -4.98. The lowest BCUT2D eigenvalue weighted by Crippen LogP contribution is -2.35. The summed E-state index contributed by atoms with van der Waals surface area (Å²) in [6.07, 6.45) is 15.3. The number of aliphatic hydroxyl groups excluding tert-OH is 1. The van der Waals surface area contributed by atoms with Gasteiger partial charge in [-0.05, 0) is 101 Å². The second kappa shape index (κ2) is 35.2. The summed E-state index contributed by atoms with van der Waals surface area (Å²) < 4.78 is 29.2. The van der Waals surface area contributed by atoms with Crippen LogP contribution in [0.5, 0.6) is 0 Å². The third-order valence-electron chi connectivity index (χ3n) is 18.8. The highest BCUT2D eigenvalue weighted by molar-refractivity contribution is 6.77. The minimum Gasteiger partial charge on any atom is -0.396 e. The smallest absolute Gasteiger partial charge is 0.373 e. The Hall–Kier alpha value is -6.45. The number of hydrogen-bond donors (Lipinski definition) is 3. The van der Waals surface area contributed by atoms with Gasteiger partial charge in [-0.1, -0.05) is 158 Å². The molecule has 8 aromatic rings. The zero-order valence-corrected chi connectivity index (χ0v) is 64.7. The van der Waals surface area contributed by atoms with Crippen molar-refractivity contribution in [3.8, 4) is 44.8 Å². The number of aromatic nitrogens is 8. The van der Waals surface area contributed by atoms with Crippen molar-refractivity contribution >= 4 is 61.4 Å². The maximum absolute atomic E-state index is 11.0. The number of aliphatic hydroxyl groups is 3. The van der Waals surface area contributed by atoms with E-state index in [2.05, 4.69) is 150 Å². The van der Waals surface area contributed by atoms with E-state index in [9.17, 15) is 15.3 Å². The predicted octanol–water partition coefficient (Wildman–Crippen LogP) is 15.8. The van der Waals surface area contributed by atoms with Crippen LogP contribution in [0.2, 0.25) is 103 Å². The molecule has 3 N–H and O–H groups in total. The molecular weight excluding hydrogens is 1300 g/mol. The van der Waals surface area contributed by atoms with Crippen LogP contribution in [0.15, 0.2) is 122 Å². The van der Waals surface area contributed by atoms with Gasteiger partial charge in [-0.25, -0.2) is 9.97 Å². The third-order valence-corrected chi connectivity index (χ3v) is 25.6. The minimum atomic E-state index is -1.25. The van der Waals surface area contributed by atoms with E-state index in [-0.39, 0.29) is 24.6 Å². The van der Waals surface area contributed by atoms with Crippen LogP contribution in [-0.2, 0) is 28.5 Å². The topological polar surface area (TPSA) is 224 Å². The lowest BCUT2D eigenvalue weighted by atomic mass is 9.76. The second-order valence-electron chi connectivity index (χ2n) is 31.6. The Morgan fingerprint density at radius 3 is 1.12 bits per heavy atom. The van der Waals surface area contributed by atoms with Gasteiger partial charge in [0.05, 0.1) is 35.0 Å². The molecule has 98 heavy (non-hydrogen) atoms. The van der Waals surface area contributed by atoms with Crippen molar-refractivity contribution in [2.75, 3.05) is 69.8 Å². The molecule has 0 bridgehead atoms. The van der Waals surface area contributed by atoms with Crippen molar-refractivity contribution in [3.05, 3.63) is 133 Å². The summed E-state index contributed by atoms with van der Waals surface area (Å²) >= 11 is 0. The van der Waals surface area contributed by atoms with E-state index in [1.54, 1.807) is 0 Å². The molecule has 2 aliphatic carbocycles.